The van der Waals surface area contributed by atoms with Crippen LogP contribution in [-0.4, -0.2) is 50.0 Å². The summed E-state index contributed by atoms with van der Waals surface area (Å²) in [7, 11) is 6.04. The fourth-order valence-corrected chi connectivity index (χ4v) is 1.93. The van der Waals surface area contributed by atoms with Gasteiger partial charge in [0.05, 0.1) is 26.2 Å². The van der Waals surface area contributed by atoms with E-state index in [4.69, 9.17) is 27.9 Å². The highest BCUT2D eigenvalue weighted by Crippen LogP contribution is 2.27. The van der Waals surface area contributed by atoms with Crippen LogP contribution in [0.25, 0.3) is 0 Å². The molecule has 0 bridgehead atoms. The van der Waals surface area contributed by atoms with Crippen LogP contribution >= 0.6 is 23.2 Å². The first-order valence-electron chi connectivity index (χ1n) is 5.34. The number of aliphatic hydroxyl groups is 1. The molecule has 18 heavy (non-hydrogen) atoms. The zero-order chi connectivity index (χ0) is 13.1. The van der Waals surface area contributed by atoms with Crippen LogP contribution in [0.1, 0.15) is 0 Å². The van der Waals surface area contributed by atoms with Crippen molar-refractivity contribution < 1.29 is 31.3 Å². The molecule has 3 nitrogen and oxygen atoms in total. The van der Waals surface area contributed by atoms with E-state index in [-0.39, 0.29) is 23.6 Å². The van der Waals surface area contributed by atoms with Gasteiger partial charge in [0.25, 0.3) is 0 Å². The molecule has 1 rings (SSSR count). The predicted molar refractivity (Wildman–Crippen MR) is 70.9 cm³/mol. The molecule has 0 fully saturated rings. The Hall–Kier alpha value is -0.0000000000000000555. The summed E-state index contributed by atoms with van der Waals surface area (Å²) in [6.45, 7) is 0.835. The number of ether oxygens (including phenoxy) is 1. The molecule has 0 heterocycles. The van der Waals surface area contributed by atoms with E-state index >= 15 is 0 Å². The number of rotatable bonds is 5. The summed E-state index contributed by atoms with van der Waals surface area (Å²) < 4.78 is 6.13. The highest BCUT2D eigenvalue weighted by molar-refractivity contribution is 6.35. The van der Waals surface area contributed by atoms with Crippen molar-refractivity contribution in [3.63, 3.8) is 0 Å². The van der Waals surface area contributed by atoms with Crippen molar-refractivity contribution >= 4 is 23.2 Å². The molecule has 104 valence electrons. The lowest BCUT2D eigenvalue weighted by atomic mass is 10.3. The molecule has 0 spiro atoms. The second-order valence-electron chi connectivity index (χ2n) is 5.01. The van der Waals surface area contributed by atoms with Crippen LogP contribution in [0, 0.1) is 0 Å². The molecule has 1 aromatic rings. The number of likely N-dealkylation sites (N-methyl/N-ethyl adjacent to an activating group) is 1. The fourth-order valence-electron chi connectivity index (χ4n) is 1.46. The summed E-state index contributed by atoms with van der Waals surface area (Å²) in [5, 5.41) is 10.8. The molecule has 0 radical (unpaired) electrons. The Morgan fingerprint density at radius 3 is 2.39 bits per heavy atom. The van der Waals surface area contributed by atoms with E-state index in [0.29, 0.717) is 26.8 Å². The molecule has 0 aliphatic rings. The summed E-state index contributed by atoms with van der Waals surface area (Å²) in [5.74, 6) is 0.538. The zero-order valence-electron chi connectivity index (χ0n) is 10.7. The van der Waals surface area contributed by atoms with Gasteiger partial charge in [-0.3, -0.25) is 0 Å². The van der Waals surface area contributed by atoms with Crippen molar-refractivity contribution in [1.29, 1.82) is 0 Å². The summed E-state index contributed by atoms with van der Waals surface area (Å²) in [4.78, 5) is 0. The maximum absolute atomic E-state index is 9.78. The summed E-state index contributed by atoms with van der Waals surface area (Å²) in [6, 6.07) is 5.02. The highest BCUT2D eigenvalue weighted by atomic mass is 79.9. The predicted octanol–water partition coefficient (Wildman–Crippen LogP) is -0.557. The monoisotopic (exact) mass is 357 g/mol. The van der Waals surface area contributed by atoms with Crippen LogP contribution in [0.2, 0.25) is 10.0 Å². The number of hydrogen-bond acceptors (Lipinski definition) is 2. The SMILES string of the molecule is C[N+](C)(C)CC(O)COc1ccc(Cl)cc1Cl.[Br-]. The van der Waals surface area contributed by atoms with Crippen LogP contribution < -0.4 is 21.7 Å². The highest BCUT2D eigenvalue weighted by Gasteiger charge is 2.16. The second-order valence-corrected chi connectivity index (χ2v) is 5.86. The van der Waals surface area contributed by atoms with Crippen molar-refractivity contribution in [2.45, 2.75) is 6.10 Å². The molecular formula is C12H18BrCl2NO2. The molecule has 1 aromatic carbocycles. The van der Waals surface area contributed by atoms with Crippen molar-refractivity contribution in [1.82, 2.24) is 0 Å². The normalized spacial score (nSPS) is 12.8. The van der Waals surface area contributed by atoms with Crippen LogP contribution in [-0.2, 0) is 0 Å². The van der Waals surface area contributed by atoms with Crippen molar-refractivity contribution in [2.24, 2.45) is 0 Å². The average Bonchev–Trinajstić information content (AvgIpc) is 2.13. The second kappa shape index (κ2) is 7.56. The Kier molecular flexibility index (Phi) is 7.56. The first-order chi connectivity index (χ1) is 7.78. The van der Waals surface area contributed by atoms with E-state index in [1.807, 2.05) is 21.1 Å². The first-order valence-corrected chi connectivity index (χ1v) is 6.10. The number of quaternary nitrogens is 1. The molecule has 0 amide bonds. The van der Waals surface area contributed by atoms with Crippen LogP contribution in [0.3, 0.4) is 0 Å². The van der Waals surface area contributed by atoms with Gasteiger partial charge in [-0.25, -0.2) is 0 Å². The van der Waals surface area contributed by atoms with E-state index in [2.05, 4.69) is 0 Å². The minimum atomic E-state index is -0.526. The van der Waals surface area contributed by atoms with E-state index in [1.54, 1.807) is 18.2 Å². The van der Waals surface area contributed by atoms with Gasteiger partial charge in [-0.2, -0.15) is 0 Å². The Morgan fingerprint density at radius 2 is 1.89 bits per heavy atom. The van der Waals surface area contributed by atoms with Gasteiger partial charge < -0.3 is 31.3 Å². The van der Waals surface area contributed by atoms with E-state index < -0.39 is 6.10 Å². The third kappa shape index (κ3) is 6.81. The molecule has 0 saturated carbocycles. The summed E-state index contributed by atoms with van der Waals surface area (Å²) >= 11 is 11.7. The van der Waals surface area contributed by atoms with Crippen molar-refractivity contribution in [3.8, 4) is 5.75 Å². The zero-order valence-corrected chi connectivity index (χ0v) is 13.8. The molecule has 0 aromatic heterocycles. The largest absolute Gasteiger partial charge is 1.00 e. The Morgan fingerprint density at radius 1 is 1.28 bits per heavy atom. The molecule has 1 atom stereocenters. The smallest absolute Gasteiger partial charge is 0.138 e. The Labute approximate surface area is 129 Å². The third-order valence-electron chi connectivity index (χ3n) is 2.08. The van der Waals surface area contributed by atoms with E-state index in [0.717, 1.165) is 0 Å². The van der Waals surface area contributed by atoms with Gasteiger partial charge in [-0.1, -0.05) is 23.2 Å². The van der Waals surface area contributed by atoms with E-state index in [9.17, 15) is 5.11 Å². The van der Waals surface area contributed by atoms with Crippen LogP contribution in [0.4, 0.5) is 0 Å². The first kappa shape index (κ1) is 18.0. The van der Waals surface area contributed by atoms with Crippen LogP contribution in [0.15, 0.2) is 18.2 Å². The number of aliphatic hydroxyl groups excluding tert-OH is 1. The molecular weight excluding hydrogens is 341 g/mol. The maximum Gasteiger partial charge on any atom is 0.138 e. The van der Waals surface area contributed by atoms with Gasteiger partial charge in [0.15, 0.2) is 0 Å². The molecule has 0 saturated heterocycles. The molecule has 0 aliphatic carbocycles. The molecule has 1 unspecified atom stereocenters. The van der Waals surface area contributed by atoms with Gasteiger partial charge in [0.2, 0.25) is 0 Å². The summed E-state index contributed by atoms with van der Waals surface area (Å²) in [6.07, 6.45) is -0.526. The van der Waals surface area contributed by atoms with Gasteiger partial charge in [0, 0.05) is 5.02 Å². The minimum Gasteiger partial charge on any atom is -1.00 e. The third-order valence-corrected chi connectivity index (χ3v) is 2.61. The lowest BCUT2D eigenvalue weighted by molar-refractivity contribution is -0.873. The van der Waals surface area contributed by atoms with Gasteiger partial charge in [-0.15, -0.1) is 0 Å². The topological polar surface area (TPSA) is 29.5 Å². The lowest BCUT2D eigenvalue weighted by Gasteiger charge is -2.26. The minimum absolute atomic E-state index is 0. The Balaban J connectivity index is 0.00000289. The fraction of sp³-hybridized carbons (Fsp3) is 0.500. The van der Waals surface area contributed by atoms with Gasteiger partial charge in [0.1, 0.15) is 25.0 Å². The quantitative estimate of drug-likeness (QED) is 0.715. The average molecular weight is 359 g/mol. The van der Waals surface area contributed by atoms with Crippen molar-refractivity contribution in [2.75, 3.05) is 34.3 Å². The number of nitrogens with zero attached hydrogens (tertiary/aromatic N) is 1. The Bertz CT molecular complexity index is 383. The molecule has 1 N–H and O–H groups in total. The lowest BCUT2D eigenvalue weighted by Crippen LogP contribution is -3.00. The molecule has 6 heteroatoms. The number of benzene rings is 1. The maximum atomic E-state index is 9.78. The van der Waals surface area contributed by atoms with Gasteiger partial charge >= 0.3 is 0 Å². The van der Waals surface area contributed by atoms with Crippen molar-refractivity contribution in [3.05, 3.63) is 28.2 Å². The standard InChI is InChI=1S/C12H18Cl2NO2.BrH/c1-15(2,3)7-10(16)8-17-12-5-4-9(13)6-11(12)14;/h4-6,10,16H,7-8H2,1-3H3;1H/q+1;/p-1. The molecule has 0 aliphatic heterocycles. The summed E-state index contributed by atoms with van der Waals surface area (Å²) in [5.41, 5.74) is 0. The van der Waals surface area contributed by atoms with E-state index in [1.165, 1.54) is 0 Å². The number of halogens is 3. The van der Waals surface area contributed by atoms with Crippen LogP contribution in [0.5, 0.6) is 5.75 Å². The number of hydrogen-bond donors (Lipinski definition) is 1. The van der Waals surface area contributed by atoms with Gasteiger partial charge in [-0.05, 0) is 18.2 Å².